The van der Waals surface area contributed by atoms with E-state index in [9.17, 15) is 22.8 Å². The molecule has 2 amide bonds. The van der Waals surface area contributed by atoms with E-state index in [2.05, 4.69) is 17.4 Å². The summed E-state index contributed by atoms with van der Waals surface area (Å²) in [4.78, 5) is 27.0. The van der Waals surface area contributed by atoms with Crippen LogP contribution < -0.4 is 5.32 Å². The Morgan fingerprint density at radius 2 is 1.53 bits per heavy atom. The van der Waals surface area contributed by atoms with Gasteiger partial charge in [-0.2, -0.15) is 13.2 Å². The number of likely N-dealkylation sites (tertiary alicyclic amines) is 1. The van der Waals surface area contributed by atoms with Gasteiger partial charge in [-0.05, 0) is 59.7 Å². The summed E-state index contributed by atoms with van der Waals surface area (Å²) in [6.07, 6.45) is -2.62. The Kier molecular flexibility index (Phi) is 7.01. The SMILES string of the molecule is O=C(NCC(=O)N1CCC(c2ccccc2)CC1)c1cccc(-c2ccc(C(F)(F)F)cc2)c1. The molecule has 3 aromatic carbocycles. The van der Waals surface area contributed by atoms with Crippen molar-refractivity contribution < 1.29 is 22.8 Å². The molecule has 1 N–H and O–H groups in total. The minimum atomic E-state index is -4.40. The molecule has 0 aromatic heterocycles. The summed E-state index contributed by atoms with van der Waals surface area (Å²) in [5.74, 6) is -0.0900. The number of carbonyl (C=O) groups excluding carboxylic acids is 2. The molecule has 4 rings (SSSR count). The van der Waals surface area contributed by atoms with Crippen LogP contribution in [0.25, 0.3) is 11.1 Å². The van der Waals surface area contributed by atoms with E-state index in [1.807, 2.05) is 18.2 Å². The predicted octanol–water partition coefficient (Wildman–Crippen LogP) is 5.51. The highest BCUT2D eigenvalue weighted by Crippen LogP contribution is 2.31. The molecule has 1 saturated heterocycles. The minimum Gasteiger partial charge on any atom is -0.343 e. The lowest BCUT2D eigenvalue weighted by Gasteiger charge is -2.32. The first-order valence-electron chi connectivity index (χ1n) is 11.2. The molecule has 176 valence electrons. The van der Waals surface area contributed by atoms with Crippen LogP contribution in [-0.4, -0.2) is 36.3 Å². The van der Waals surface area contributed by atoms with Crippen molar-refractivity contribution in [1.82, 2.24) is 10.2 Å². The zero-order chi connectivity index (χ0) is 24.1. The first-order chi connectivity index (χ1) is 16.3. The van der Waals surface area contributed by atoms with Crippen LogP contribution in [0.2, 0.25) is 0 Å². The van der Waals surface area contributed by atoms with E-state index in [-0.39, 0.29) is 12.5 Å². The number of rotatable bonds is 5. The molecule has 0 saturated carbocycles. The van der Waals surface area contributed by atoms with E-state index in [0.717, 1.165) is 25.0 Å². The standard InChI is InChI=1S/C27H25F3N2O2/c28-27(29,30)24-11-9-20(10-12-24)22-7-4-8-23(17-22)26(34)31-18-25(33)32-15-13-21(14-16-32)19-5-2-1-3-6-19/h1-12,17,21H,13-16,18H2,(H,31,34). The van der Waals surface area contributed by atoms with Crippen molar-refractivity contribution in [2.24, 2.45) is 0 Å². The molecule has 0 bridgehead atoms. The average molecular weight is 467 g/mol. The van der Waals surface area contributed by atoms with Gasteiger partial charge in [0.2, 0.25) is 5.91 Å². The van der Waals surface area contributed by atoms with E-state index in [1.54, 1.807) is 29.2 Å². The van der Waals surface area contributed by atoms with Gasteiger partial charge in [0, 0.05) is 18.7 Å². The lowest BCUT2D eigenvalue weighted by Crippen LogP contribution is -2.43. The molecule has 1 heterocycles. The number of carbonyl (C=O) groups is 2. The van der Waals surface area contributed by atoms with Gasteiger partial charge < -0.3 is 10.2 Å². The Hall–Kier alpha value is -3.61. The predicted molar refractivity (Wildman–Crippen MR) is 124 cm³/mol. The second kappa shape index (κ2) is 10.1. The molecule has 1 aliphatic heterocycles. The Morgan fingerprint density at radius 1 is 0.853 bits per heavy atom. The Morgan fingerprint density at radius 3 is 2.18 bits per heavy atom. The molecule has 0 atom stereocenters. The van der Waals surface area contributed by atoms with Crippen LogP contribution >= 0.6 is 0 Å². The molecular formula is C27H25F3N2O2. The van der Waals surface area contributed by atoms with Gasteiger partial charge in [0.15, 0.2) is 0 Å². The van der Waals surface area contributed by atoms with Gasteiger partial charge in [-0.1, -0.05) is 54.6 Å². The van der Waals surface area contributed by atoms with Crippen LogP contribution in [0.5, 0.6) is 0 Å². The lowest BCUT2D eigenvalue weighted by molar-refractivity contribution is -0.137. The third-order valence-electron chi connectivity index (χ3n) is 6.19. The van der Waals surface area contributed by atoms with Gasteiger partial charge in [-0.15, -0.1) is 0 Å². The summed E-state index contributed by atoms with van der Waals surface area (Å²) >= 11 is 0. The molecular weight excluding hydrogens is 441 g/mol. The summed E-state index contributed by atoms with van der Waals surface area (Å²) in [6.45, 7) is 1.20. The van der Waals surface area contributed by atoms with Crippen LogP contribution in [0.15, 0.2) is 78.9 Å². The fraction of sp³-hybridized carbons (Fsp3) is 0.259. The third kappa shape index (κ3) is 5.65. The summed E-state index contributed by atoms with van der Waals surface area (Å²) in [7, 11) is 0. The Balaban J connectivity index is 1.31. The quantitative estimate of drug-likeness (QED) is 0.539. The summed E-state index contributed by atoms with van der Waals surface area (Å²) in [6, 6.07) is 21.6. The van der Waals surface area contributed by atoms with E-state index in [1.165, 1.54) is 17.7 Å². The van der Waals surface area contributed by atoms with Gasteiger partial charge in [0.25, 0.3) is 5.91 Å². The number of benzene rings is 3. The average Bonchev–Trinajstić information content (AvgIpc) is 2.87. The van der Waals surface area contributed by atoms with Crippen LogP contribution in [0.1, 0.15) is 40.2 Å². The first-order valence-corrected chi connectivity index (χ1v) is 11.2. The second-order valence-corrected chi connectivity index (χ2v) is 8.40. The molecule has 4 nitrogen and oxygen atoms in total. The number of amides is 2. The molecule has 0 spiro atoms. The summed E-state index contributed by atoms with van der Waals surface area (Å²) in [5, 5.41) is 2.67. The maximum Gasteiger partial charge on any atom is 0.416 e. The molecule has 0 radical (unpaired) electrons. The van der Waals surface area contributed by atoms with Crippen molar-refractivity contribution in [3.8, 4) is 11.1 Å². The van der Waals surface area contributed by atoms with Gasteiger partial charge in [0.05, 0.1) is 12.1 Å². The number of hydrogen-bond donors (Lipinski definition) is 1. The Bertz CT molecular complexity index is 1140. The minimum absolute atomic E-state index is 0.0979. The van der Waals surface area contributed by atoms with Crippen LogP contribution in [0.3, 0.4) is 0 Å². The van der Waals surface area contributed by atoms with E-state index in [4.69, 9.17) is 0 Å². The molecule has 0 unspecified atom stereocenters. The number of nitrogens with one attached hydrogen (secondary N) is 1. The second-order valence-electron chi connectivity index (χ2n) is 8.40. The van der Waals surface area contributed by atoms with Crippen LogP contribution in [0, 0.1) is 0 Å². The third-order valence-corrected chi connectivity index (χ3v) is 6.19. The van der Waals surface area contributed by atoms with Gasteiger partial charge in [-0.25, -0.2) is 0 Å². The van der Waals surface area contributed by atoms with Gasteiger partial charge >= 0.3 is 6.18 Å². The zero-order valence-electron chi connectivity index (χ0n) is 18.5. The van der Waals surface area contributed by atoms with Crippen molar-refractivity contribution in [2.75, 3.05) is 19.6 Å². The van der Waals surface area contributed by atoms with Gasteiger partial charge in [-0.3, -0.25) is 9.59 Å². The molecule has 0 aliphatic carbocycles. The van der Waals surface area contributed by atoms with E-state index < -0.39 is 17.6 Å². The molecule has 3 aromatic rings. The van der Waals surface area contributed by atoms with Crippen molar-refractivity contribution in [3.63, 3.8) is 0 Å². The molecule has 34 heavy (non-hydrogen) atoms. The highest BCUT2D eigenvalue weighted by molar-refractivity contribution is 5.97. The number of hydrogen-bond acceptors (Lipinski definition) is 2. The van der Waals surface area contributed by atoms with Crippen molar-refractivity contribution in [3.05, 3.63) is 95.6 Å². The lowest BCUT2D eigenvalue weighted by atomic mass is 9.89. The normalized spacial score (nSPS) is 14.6. The fourth-order valence-electron chi connectivity index (χ4n) is 4.25. The van der Waals surface area contributed by atoms with Crippen molar-refractivity contribution in [1.29, 1.82) is 0 Å². The topological polar surface area (TPSA) is 49.4 Å². The fourth-order valence-corrected chi connectivity index (χ4v) is 4.25. The smallest absolute Gasteiger partial charge is 0.343 e. The number of nitrogens with zero attached hydrogens (tertiary/aromatic N) is 1. The number of piperidine rings is 1. The maximum absolute atomic E-state index is 12.8. The van der Waals surface area contributed by atoms with Crippen molar-refractivity contribution >= 4 is 11.8 Å². The highest BCUT2D eigenvalue weighted by atomic mass is 19.4. The zero-order valence-corrected chi connectivity index (χ0v) is 18.5. The number of alkyl halides is 3. The first kappa shape index (κ1) is 23.5. The largest absolute Gasteiger partial charge is 0.416 e. The molecule has 1 fully saturated rings. The highest BCUT2D eigenvalue weighted by Gasteiger charge is 2.30. The maximum atomic E-state index is 12.8. The summed E-state index contributed by atoms with van der Waals surface area (Å²) < 4.78 is 38.4. The van der Waals surface area contributed by atoms with Crippen molar-refractivity contribution in [2.45, 2.75) is 24.9 Å². The van der Waals surface area contributed by atoms with Crippen LogP contribution in [0.4, 0.5) is 13.2 Å². The number of halogens is 3. The van der Waals surface area contributed by atoms with Crippen LogP contribution in [-0.2, 0) is 11.0 Å². The molecule has 1 aliphatic rings. The summed E-state index contributed by atoms with van der Waals surface area (Å²) in [5.41, 5.74) is 2.09. The van der Waals surface area contributed by atoms with E-state index in [0.29, 0.717) is 35.7 Å². The van der Waals surface area contributed by atoms with Gasteiger partial charge in [0.1, 0.15) is 0 Å². The molecule has 7 heteroatoms. The Labute approximate surface area is 196 Å². The van der Waals surface area contributed by atoms with E-state index >= 15 is 0 Å². The monoisotopic (exact) mass is 466 g/mol.